The lowest BCUT2D eigenvalue weighted by molar-refractivity contribution is 0.352. The number of anilines is 1. The average Bonchev–Trinajstić information content (AvgIpc) is 2.16. The van der Waals surface area contributed by atoms with Crippen molar-refractivity contribution >= 4 is 21.7 Å². The summed E-state index contributed by atoms with van der Waals surface area (Å²) in [7, 11) is 1.76. The summed E-state index contributed by atoms with van der Waals surface area (Å²) in [5.74, 6) is 3.47. The topological polar surface area (TPSA) is 47.0 Å². The van der Waals surface area contributed by atoms with Crippen molar-refractivity contribution in [3.05, 3.63) is 10.8 Å². The van der Waals surface area contributed by atoms with Gasteiger partial charge in [-0.25, -0.2) is 9.97 Å². The van der Waals surface area contributed by atoms with Gasteiger partial charge in [0.15, 0.2) is 6.61 Å². The molecule has 0 aromatic carbocycles. The number of rotatable bonds is 3. The number of nitrogens with one attached hydrogen (secondary N) is 1. The molecule has 0 saturated heterocycles. The summed E-state index contributed by atoms with van der Waals surface area (Å²) in [6, 6.07) is 0. The highest BCUT2D eigenvalue weighted by Crippen LogP contribution is 2.27. The number of halogens is 1. The van der Waals surface area contributed by atoms with Gasteiger partial charge in [0.05, 0.1) is 0 Å². The lowest BCUT2D eigenvalue weighted by atomic mass is 10.5. The zero-order valence-corrected chi connectivity index (χ0v) is 8.63. The Labute approximate surface area is 84.9 Å². The van der Waals surface area contributed by atoms with Gasteiger partial charge in [-0.15, -0.1) is 6.42 Å². The molecule has 0 aliphatic carbocycles. The monoisotopic (exact) mass is 241 g/mol. The van der Waals surface area contributed by atoms with E-state index in [1.807, 2.05) is 0 Å². The van der Waals surface area contributed by atoms with Crippen molar-refractivity contribution in [2.24, 2.45) is 0 Å². The molecule has 1 heterocycles. The molecular weight excluding hydrogens is 234 g/mol. The fraction of sp³-hybridized carbons (Fsp3) is 0.250. The van der Waals surface area contributed by atoms with Crippen LogP contribution in [0.2, 0.25) is 0 Å². The van der Waals surface area contributed by atoms with Crippen LogP contribution in [0.15, 0.2) is 10.8 Å². The highest BCUT2D eigenvalue weighted by molar-refractivity contribution is 9.10. The second-order valence-electron chi connectivity index (χ2n) is 2.08. The first kappa shape index (κ1) is 9.81. The Hall–Kier alpha value is -1.28. The van der Waals surface area contributed by atoms with Crippen molar-refractivity contribution in [1.29, 1.82) is 0 Å². The third-order valence-electron chi connectivity index (χ3n) is 1.29. The van der Waals surface area contributed by atoms with Crippen LogP contribution < -0.4 is 10.1 Å². The number of hydrogen-bond acceptors (Lipinski definition) is 4. The SMILES string of the molecule is C#CCOc1ncnc(NC)c1Br. The van der Waals surface area contributed by atoms with E-state index < -0.39 is 0 Å². The van der Waals surface area contributed by atoms with Gasteiger partial charge in [-0.05, 0) is 15.9 Å². The molecule has 0 fully saturated rings. The summed E-state index contributed by atoms with van der Waals surface area (Å²) in [6.07, 6.45) is 6.45. The van der Waals surface area contributed by atoms with E-state index in [4.69, 9.17) is 11.2 Å². The zero-order chi connectivity index (χ0) is 9.68. The lowest BCUT2D eigenvalue weighted by Crippen LogP contribution is -2.01. The first-order valence-electron chi connectivity index (χ1n) is 3.54. The van der Waals surface area contributed by atoms with Crippen molar-refractivity contribution in [3.8, 4) is 18.2 Å². The minimum atomic E-state index is 0.193. The van der Waals surface area contributed by atoms with Crippen LogP contribution in [0.3, 0.4) is 0 Å². The van der Waals surface area contributed by atoms with Gasteiger partial charge in [0.25, 0.3) is 0 Å². The lowest BCUT2D eigenvalue weighted by Gasteiger charge is -2.06. The Kier molecular flexibility index (Phi) is 3.53. The Bertz CT molecular complexity index is 335. The Morgan fingerprint density at radius 1 is 1.69 bits per heavy atom. The van der Waals surface area contributed by atoms with Gasteiger partial charge in [-0.3, -0.25) is 0 Å². The third-order valence-corrected chi connectivity index (χ3v) is 2.00. The number of nitrogens with zero attached hydrogens (tertiary/aromatic N) is 2. The molecule has 5 heteroatoms. The van der Waals surface area contributed by atoms with E-state index >= 15 is 0 Å². The number of hydrogen-bond donors (Lipinski definition) is 1. The van der Waals surface area contributed by atoms with Crippen molar-refractivity contribution in [1.82, 2.24) is 9.97 Å². The van der Waals surface area contributed by atoms with E-state index in [-0.39, 0.29) is 6.61 Å². The van der Waals surface area contributed by atoms with Crippen LogP contribution in [-0.4, -0.2) is 23.6 Å². The average molecular weight is 242 g/mol. The van der Waals surface area contributed by atoms with E-state index in [2.05, 4.69) is 37.1 Å². The smallest absolute Gasteiger partial charge is 0.234 e. The Morgan fingerprint density at radius 3 is 3.08 bits per heavy atom. The molecule has 1 N–H and O–H groups in total. The predicted octanol–water partition coefficient (Wildman–Crippen LogP) is 1.29. The molecule has 0 unspecified atom stereocenters. The van der Waals surface area contributed by atoms with Crippen molar-refractivity contribution in [3.63, 3.8) is 0 Å². The van der Waals surface area contributed by atoms with E-state index in [1.165, 1.54) is 6.33 Å². The minimum absolute atomic E-state index is 0.193. The number of aromatic nitrogens is 2. The molecule has 0 aliphatic rings. The quantitative estimate of drug-likeness (QED) is 0.811. The normalized spacial score (nSPS) is 9.00. The Morgan fingerprint density at radius 2 is 2.46 bits per heavy atom. The summed E-state index contributed by atoms with van der Waals surface area (Å²) in [5, 5.41) is 2.88. The number of ether oxygens (including phenoxy) is 1. The first-order valence-corrected chi connectivity index (χ1v) is 4.33. The van der Waals surface area contributed by atoms with Gasteiger partial charge in [0.1, 0.15) is 16.6 Å². The second-order valence-corrected chi connectivity index (χ2v) is 2.88. The van der Waals surface area contributed by atoms with E-state index in [0.717, 1.165) is 0 Å². The second kappa shape index (κ2) is 4.67. The molecule has 0 aliphatic heterocycles. The van der Waals surface area contributed by atoms with Crippen LogP contribution >= 0.6 is 15.9 Å². The molecular formula is C8H8BrN3O. The van der Waals surface area contributed by atoms with Gasteiger partial charge in [-0.1, -0.05) is 5.92 Å². The van der Waals surface area contributed by atoms with E-state index in [0.29, 0.717) is 16.2 Å². The summed E-state index contributed by atoms with van der Waals surface area (Å²) >= 11 is 3.29. The summed E-state index contributed by atoms with van der Waals surface area (Å²) in [4.78, 5) is 7.87. The van der Waals surface area contributed by atoms with Crippen LogP contribution in [0.1, 0.15) is 0 Å². The van der Waals surface area contributed by atoms with Gasteiger partial charge >= 0.3 is 0 Å². The molecule has 68 valence electrons. The van der Waals surface area contributed by atoms with E-state index in [9.17, 15) is 0 Å². The molecule has 1 aromatic heterocycles. The first-order chi connectivity index (χ1) is 6.29. The maximum absolute atomic E-state index is 5.15. The van der Waals surface area contributed by atoms with Crippen LogP contribution in [0.25, 0.3) is 0 Å². The molecule has 1 aromatic rings. The summed E-state index contributed by atoms with van der Waals surface area (Å²) in [5.41, 5.74) is 0. The third kappa shape index (κ3) is 2.33. The molecule has 0 atom stereocenters. The van der Waals surface area contributed by atoms with Crippen molar-refractivity contribution in [2.45, 2.75) is 0 Å². The molecule has 1 rings (SSSR count). The maximum atomic E-state index is 5.15. The molecule has 13 heavy (non-hydrogen) atoms. The van der Waals surface area contributed by atoms with Crippen LogP contribution in [0.4, 0.5) is 5.82 Å². The van der Waals surface area contributed by atoms with Gasteiger partial charge in [-0.2, -0.15) is 0 Å². The molecule has 0 amide bonds. The van der Waals surface area contributed by atoms with Gasteiger partial charge in [0.2, 0.25) is 5.88 Å². The highest BCUT2D eigenvalue weighted by atomic mass is 79.9. The van der Waals surface area contributed by atoms with Gasteiger partial charge < -0.3 is 10.1 Å². The molecule has 0 bridgehead atoms. The number of terminal acetylenes is 1. The molecule has 4 nitrogen and oxygen atoms in total. The summed E-state index contributed by atoms with van der Waals surface area (Å²) < 4.78 is 5.83. The van der Waals surface area contributed by atoms with Crippen molar-refractivity contribution in [2.75, 3.05) is 19.0 Å². The Balaban J connectivity index is 2.89. The largest absolute Gasteiger partial charge is 0.464 e. The van der Waals surface area contributed by atoms with Gasteiger partial charge in [0, 0.05) is 7.05 Å². The zero-order valence-electron chi connectivity index (χ0n) is 7.04. The maximum Gasteiger partial charge on any atom is 0.234 e. The van der Waals surface area contributed by atoms with Crippen LogP contribution in [0.5, 0.6) is 5.88 Å². The summed E-state index contributed by atoms with van der Waals surface area (Å²) in [6.45, 7) is 0.193. The minimum Gasteiger partial charge on any atom is -0.464 e. The van der Waals surface area contributed by atoms with Crippen molar-refractivity contribution < 1.29 is 4.74 Å². The molecule has 0 radical (unpaired) electrons. The van der Waals surface area contributed by atoms with Crippen LogP contribution in [-0.2, 0) is 0 Å². The van der Waals surface area contributed by atoms with E-state index in [1.54, 1.807) is 7.05 Å². The molecule has 0 saturated carbocycles. The highest BCUT2D eigenvalue weighted by Gasteiger charge is 2.07. The fourth-order valence-corrected chi connectivity index (χ4v) is 1.26. The van der Waals surface area contributed by atoms with Crippen LogP contribution in [0, 0.1) is 12.3 Å². The predicted molar refractivity (Wildman–Crippen MR) is 53.6 cm³/mol. The molecule has 0 spiro atoms. The standard InChI is InChI=1S/C8H8BrN3O/c1-3-4-13-8-6(9)7(10-2)11-5-12-8/h1,5H,4H2,2H3,(H,10,11,12). The fourth-order valence-electron chi connectivity index (χ4n) is 0.739.